The van der Waals surface area contributed by atoms with Crippen LogP contribution in [0.4, 0.5) is 0 Å². The van der Waals surface area contributed by atoms with Crippen LogP contribution in [0.5, 0.6) is 0 Å². The van der Waals surface area contributed by atoms with E-state index in [1.807, 2.05) is 0 Å². The maximum atomic E-state index is 11.1. The Bertz CT molecular complexity index is 343. The molecule has 1 rings (SSSR count). The summed E-state index contributed by atoms with van der Waals surface area (Å²) < 4.78 is 4.79. The van der Waals surface area contributed by atoms with Gasteiger partial charge in [-0.25, -0.2) is 9.78 Å². The second kappa shape index (κ2) is 5.41. The van der Waals surface area contributed by atoms with Crippen LogP contribution >= 0.6 is 22.9 Å². The fourth-order valence-electron chi connectivity index (χ4n) is 0.913. The first-order valence-corrected chi connectivity index (χ1v) is 5.39. The summed E-state index contributed by atoms with van der Waals surface area (Å²) in [5.41, 5.74) is 0. The van der Waals surface area contributed by atoms with Gasteiger partial charge in [-0.05, 0) is 6.92 Å². The molecule has 0 radical (unpaired) electrons. The number of hydrogen-bond acceptors (Lipinski definition) is 6. The van der Waals surface area contributed by atoms with Gasteiger partial charge in [-0.1, -0.05) is 11.6 Å². The van der Waals surface area contributed by atoms with Crippen LogP contribution in [0.3, 0.4) is 0 Å². The lowest BCUT2D eigenvalue weighted by Gasteiger charge is -2.14. The second-order valence-electron chi connectivity index (χ2n) is 2.66. The number of thiazole rings is 1. The molecule has 1 aromatic rings. The lowest BCUT2D eigenvalue weighted by molar-refractivity contribution is -0.159. The van der Waals surface area contributed by atoms with Crippen LogP contribution in [0.1, 0.15) is 17.9 Å². The number of carbonyl (C=O) groups excluding carboxylic acids is 1. The molecule has 7 heteroatoms. The van der Waals surface area contributed by atoms with E-state index < -0.39 is 18.2 Å². The molecule has 0 aliphatic heterocycles. The molecular formula is C8H10ClNO4S. The average Bonchev–Trinajstić information content (AvgIpc) is 2.63. The van der Waals surface area contributed by atoms with E-state index in [9.17, 15) is 15.0 Å². The van der Waals surface area contributed by atoms with Crippen molar-refractivity contribution in [2.24, 2.45) is 0 Å². The predicted molar refractivity (Wildman–Crippen MR) is 54.7 cm³/mol. The van der Waals surface area contributed by atoms with Crippen molar-refractivity contribution in [2.75, 3.05) is 6.61 Å². The molecule has 84 valence electrons. The number of esters is 1. The smallest absolute Gasteiger partial charge is 0.338 e. The highest BCUT2D eigenvalue weighted by Crippen LogP contribution is 2.26. The molecule has 2 atom stereocenters. The van der Waals surface area contributed by atoms with Gasteiger partial charge in [0.15, 0.2) is 10.6 Å². The summed E-state index contributed by atoms with van der Waals surface area (Å²) in [5, 5.41) is 19.0. The topological polar surface area (TPSA) is 79.7 Å². The number of ether oxygens (including phenoxy) is 1. The van der Waals surface area contributed by atoms with E-state index in [2.05, 4.69) is 9.72 Å². The molecule has 0 aromatic carbocycles. The Morgan fingerprint density at radius 3 is 2.87 bits per heavy atom. The summed E-state index contributed by atoms with van der Waals surface area (Å²) in [5.74, 6) is -0.866. The lowest BCUT2D eigenvalue weighted by Crippen LogP contribution is -2.29. The molecule has 2 N–H and O–H groups in total. The summed E-state index contributed by atoms with van der Waals surface area (Å²) in [6.45, 7) is 1.76. The third kappa shape index (κ3) is 3.13. The average molecular weight is 252 g/mol. The number of aliphatic hydroxyl groups excluding tert-OH is 2. The van der Waals surface area contributed by atoms with Crippen LogP contribution in [-0.4, -0.2) is 33.9 Å². The molecular weight excluding hydrogens is 242 g/mol. The highest BCUT2D eigenvalue weighted by atomic mass is 35.5. The Morgan fingerprint density at radius 2 is 2.40 bits per heavy atom. The molecule has 1 aromatic heterocycles. The Morgan fingerprint density at radius 1 is 1.73 bits per heavy atom. The summed E-state index contributed by atoms with van der Waals surface area (Å²) in [6.07, 6.45) is -1.66. The van der Waals surface area contributed by atoms with E-state index in [4.69, 9.17) is 11.6 Å². The molecule has 0 bridgehead atoms. The number of rotatable bonds is 4. The Kier molecular flexibility index (Phi) is 4.46. The van der Waals surface area contributed by atoms with Crippen molar-refractivity contribution in [1.82, 2.24) is 4.98 Å². The minimum absolute atomic E-state index is 0.145. The lowest BCUT2D eigenvalue weighted by atomic mass is 10.2. The third-order valence-electron chi connectivity index (χ3n) is 1.61. The second-order valence-corrected chi connectivity index (χ2v) is 4.30. The minimum atomic E-state index is -1.61. The van der Waals surface area contributed by atoms with Gasteiger partial charge in [-0.2, -0.15) is 0 Å². The van der Waals surface area contributed by atoms with Crippen molar-refractivity contribution < 1.29 is 19.7 Å². The quantitative estimate of drug-likeness (QED) is 0.772. The monoisotopic (exact) mass is 251 g/mol. The van der Waals surface area contributed by atoms with Gasteiger partial charge in [0.25, 0.3) is 0 Å². The van der Waals surface area contributed by atoms with Gasteiger partial charge in [-0.3, -0.25) is 0 Å². The zero-order chi connectivity index (χ0) is 11.4. The molecule has 15 heavy (non-hydrogen) atoms. The van der Waals surface area contributed by atoms with Crippen molar-refractivity contribution in [3.05, 3.63) is 15.5 Å². The van der Waals surface area contributed by atoms with Gasteiger partial charge in [0.2, 0.25) is 0 Å². The van der Waals surface area contributed by atoms with Crippen LogP contribution in [0.2, 0.25) is 4.47 Å². The SMILES string of the molecule is CCOC(=O)[C@H](O)[C@@H](O)c1cnc(Cl)s1. The zero-order valence-corrected chi connectivity index (χ0v) is 9.46. The first kappa shape index (κ1) is 12.4. The largest absolute Gasteiger partial charge is 0.464 e. The van der Waals surface area contributed by atoms with Gasteiger partial charge >= 0.3 is 5.97 Å². The molecule has 1 heterocycles. The van der Waals surface area contributed by atoms with E-state index in [0.717, 1.165) is 11.3 Å². The highest BCUT2D eigenvalue weighted by Gasteiger charge is 2.28. The van der Waals surface area contributed by atoms with Crippen LogP contribution < -0.4 is 0 Å². The zero-order valence-electron chi connectivity index (χ0n) is 7.88. The van der Waals surface area contributed by atoms with Gasteiger partial charge in [0, 0.05) is 6.20 Å². The molecule has 0 unspecified atom stereocenters. The van der Waals surface area contributed by atoms with Crippen LogP contribution in [0.15, 0.2) is 6.20 Å². The fraction of sp³-hybridized carbons (Fsp3) is 0.500. The molecule has 0 aliphatic rings. The maximum absolute atomic E-state index is 11.1. The first-order chi connectivity index (χ1) is 7.06. The Hall–Kier alpha value is -0.690. The minimum Gasteiger partial charge on any atom is -0.464 e. The normalized spacial score (nSPS) is 14.7. The van der Waals surface area contributed by atoms with E-state index in [0.29, 0.717) is 4.88 Å². The standard InChI is InChI=1S/C8H10ClNO4S/c1-2-14-7(13)6(12)5(11)4-3-10-8(9)15-4/h3,5-6,11-12H,2H2,1H3/t5-,6+/m0/s1. The predicted octanol–water partition coefficient (Wildman–Crippen LogP) is 0.754. The van der Waals surface area contributed by atoms with Gasteiger partial charge < -0.3 is 14.9 Å². The summed E-state index contributed by atoms with van der Waals surface area (Å²) in [7, 11) is 0. The van der Waals surface area contributed by atoms with Crippen molar-refractivity contribution in [3.8, 4) is 0 Å². The van der Waals surface area contributed by atoms with Crippen molar-refractivity contribution >= 4 is 28.9 Å². The molecule has 0 amide bonds. The van der Waals surface area contributed by atoms with E-state index >= 15 is 0 Å². The maximum Gasteiger partial charge on any atom is 0.338 e. The number of carbonyl (C=O) groups is 1. The molecule has 0 fully saturated rings. The van der Waals surface area contributed by atoms with E-state index in [1.54, 1.807) is 6.92 Å². The first-order valence-electron chi connectivity index (χ1n) is 4.20. The van der Waals surface area contributed by atoms with Crippen molar-refractivity contribution in [1.29, 1.82) is 0 Å². The van der Waals surface area contributed by atoms with Gasteiger partial charge in [0.05, 0.1) is 11.5 Å². The number of nitrogens with zero attached hydrogens (tertiary/aromatic N) is 1. The highest BCUT2D eigenvalue weighted by molar-refractivity contribution is 7.15. The van der Waals surface area contributed by atoms with E-state index in [1.165, 1.54) is 6.20 Å². The van der Waals surface area contributed by atoms with Gasteiger partial charge in [0.1, 0.15) is 6.10 Å². The molecule has 5 nitrogen and oxygen atoms in total. The molecule has 0 spiro atoms. The number of halogens is 1. The molecule has 0 saturated heterocycles. The summed E-state index contributed by atoms with van der Waals surface area (Å²) in [4.78, 5) is 15.1. The van der Waals surface area contributed by atoms with Crippen LogP contribution in [0, 0.1) is 0 Å². The fourth-order valence-corrected chi connectivity index (χ4v) is 1.88. The summed E-state index contributed by atoms with van der Waals surface area (Å²) in [6, 6.07) is 0. The number of hydrogen-bond donors (Lipinski definition) is 2. The number of aromatic nitrogens is 1. The van der Waals surface area contributed by atoms with E-state index in [-0.39, 0.29) is 11.1 Å². The summed E-state index contributed by atoms with van der Waals surface area (Å²) >= 11 is 6.54. The van der Waals surface area contributed by atoms with Crippen LogP contribution in [-0.2, 0) is 9.53 Å². The molecule has 0 aliphatic carbocycles. The van der Waals surface area contributed by atoms with Gasteiger partial charge in [-0.15, -0.1) is 11.3 Å². The van der Waals surface area contributed by atoms with Crippen molar-refractivity contribution in [3.63, 3.8) is 0 Å². The van der Waals surface area contributed by atoms with Crippen LogP contribution in [0.25, 0.3) is 0 Å². The Labute approximate surface area is 95.3 Å². The number of aliphatic hydroxyl groups is 2. The molecule has 0 saturated carbocycles. The van der Waals surface area contributed by atoms with Crippen molar-refractivity contribution in [2.45, 2.75) is 19.1 Å². The third-order valence-corrected chi connectivity index (χ3v) is 2.80. The Balaban J connectivity index is 2.67.